The molecule has 0 N–H and O–H groups in total. The van der Waals surface area contributed by atoms with Crippen molar-refractivity contribution >= 4 is 33.2 Å². The topological polar surface area (TPSA) is 3.24 Å². The van der Waals surface area contributed by atoms with Crippen LogP contribution < -0.4 is 4.90 Å². The van der Waals surface area contributed by atoms with Crippen molar-refractivity contribution in [3.8, 4) is 0 Å². The van der Waals surface area contributed by atoms with Crippen molar-refractivity contribution < 1.29 is 0 Å². The van der Waals surface area contributed by atoms with Gasteiger partial charge in [-0.25, -0.2) is 0 Å². The maximum absolute atomic E-state index is 6.13. The predicted octanol–water partition coefficient (Wildman–Crippen LogP) is 4.34. The second-order valence-corrected chi connectivity index (χ2v) is 4.69. The van der Waals surface area contributed by atoms with E-state index >= 15 is 0 Å². The molecule has 0 aliphatic rings. The minimum Gasteiger partial charge on any atom is -0.373 e. The third kappa shape index (κ3) is 3.18. The molecule has 0 unspecified atom stereocenters. The zero-order chi connectivity index (χ0) is 10.6. The lowest BCUT2D eigenvalue weighted by atomic mass is 10.2. The second kappa shape index (κ2) is 5.62. The first-order valence-electron chi connectivity index (χ1n) is 4.81. The second-order valence-electron chi connectivity index (χ2n) is 3.37. The van der Waals surface area contributed by atoms with Gasteiger partial charge in [0.15, 0.2) is 0 Å². The van der Waals surface area contributed by atoms with Crippen molar-refractivity contribution in [3.05, 3.63) is 27.7 Å². The summed E-state index contributed by atoms with van der Waals surface area (Å²) in [5, 5.41) is 0.804. The average molecular weight is 277 g/mol. The fourth-order valence-electron chi connectivity index (χ4n) is 1.31. The quantitative estimate of drug-likeness (QED) is 0.791. The molecule has 1 rings (SSSR count). The van der Waals surface area contributed by atoms with Crippen LogP contribution in [0.5, 0.6) is 0 Å². The van der Waals surface area contributed by atoms with Crippen LogP contribution in [0.1, 0.15) is 19.8 Å². The SMILES string of the molecule is CCCCN(C)c1ccc(Br)cc1Cl. The van der Waals surface area contributed by atoms with E-state index in [4.69, 9.17) is 11.6 Å². The Bertz CT molecular complexity index is 301. The van der Waals surface area contributed by atoms with Crippen LogP contribution >= 0.6 is 27.5 Å². The number of unbranched alkanes of at least 4 members (excludes halogenated alkanes) is 1. The highest BCUT2D eigenvalue weighted by atomic mass is 79.9. The van der Waals surface area contributed by atoms with Gasteiger partial charge in [0.25, 0.3) is 0 Å². The van der Waals surface area contributed by atoms with Crippen molar-refractivity contribution in [2.75, 3.05) is 18.5 Å². The highest BCUT2D eigenvalue weighted by molar-refractivity contribution is 9.10. The van der Waals surface area contributed by atoms with Crippen LogP contribution in [0, 0.1) is 0 Å². The van der Waals surface area contributed by atoms with E-state index in [-0.39, 0.29) is 0 Å². The number of anilines is 1. The van der Waals surface area contributed by atoms with Crippen LogP contribution in [0.15, 0.2) is 22.7 Å². The van der Waals surface area contributed by atoms with E-state index in [9.17, 15) is 0 Å². The van der Waals surface area contributed by atoms with E-state index in [0.717, 1.165) is 21.7 Å². The van der Waals surface area contributed by atoms with Gasteiger partial charge in [0.1, 0.15) is 0 Å². The van der Waals surface area contributed by atoms with Gasteiger partial charge in [0, 0.05) is 18.1 Å². The molecule has 0 saturated carbocycles. The Kier molecular flexibility index (Phi) is 4.76. The summed E-state index contributed by atoms with van der Waals surface area (Å²) in [6.07, 6.45) is 2.40. The summed E-state index contributed by atoms with van der Waals surface area (Å²) in [6.45, 7) is 3.24. The average Bonchev–Trinajstić information content (AvgIpc) is 2.14. The van der Waals surface area contributed by atoms with Gasteiger partial charge in [-0.3, -0.25) is 0 Å². The van der Waals surface area contributed by atoms with Crippen molar-refractivity contribution in [3.63, 3.8) is 0 Å². The first kappa shape index (κ1) is 11.9. The van der Waals surface area contributed by atoms with E-state index in [2.05, 4.69) is 34.8 Å². The molecule has 0 heterocycles. The zero-order valence-electron chi connectivity index (χ0n) is 8.56. The number of hydrogen-bond acceptors (Lipinski definition) is 1. The normalized spacial score (nSPS) is 10.3. The third-order valence-electron chi connectivity index (χ3n) is 2.17. The van der Waals surface area contributed by atoms with Gasteiger partial charge in [0.05, 0.1) is 10.7 Å². The Labute approximate surface area is 99.2 Å². The largest absolute Gasteiger partial charge is 0.373 e. The fraction of sp³-hybridized carbons (Fsp3) is 0.455. The van der Waals surface area contributed by atoms with Crippen LogP contribution in [-0.4, -0.2) is 13.6 Å². The molecule has 0 amide bonds. The summed E-state index contributed by atoms with van der Waals surface area (Å²) >= 11 is 9.53. The first-order valence-corrected chi connectivity index (χ1v) is 5.98. The lowest BCUT2D eigenvalue weighted by molar-refractivity contribution is 0.767. The number of hydrogen-bond donors (Lipinski definition) is 0. The molecule has 0 fully saturated rings. The smallest absolute Gasteiger partial charge is 0.0650 e. The molecule has 3 heteroatoms. The lowest BCUT2D eigenvalue weighted by Crippen LogP contribution is -2.18. The summed E-state index contributed by atoms with van der Waals surface area (Å²) < 4.78 is 1.02. The Morgan fingerprint density at radius 3 is 2.71 bits per heavy atom. The Hall–Kier alpha value is -0.210. The molecule has 14 heavy (non-hydrogen) atoms. The van der Waals surface area contributed by atoms with E-state index in [1.165, 1.54) is 12.8 Å². The van der Waals surface area contributed by atoms with Crippen molar-refractivity contribution in [1.29, 1.82) is 0 Å². The van der Waals surface area contributed by atoms with Crippen LogP contribution in [0.2, 0.25) is 5.02 Å². The molecule has 0 bridgehead atoms. The summed E-state index contributed by atoms with van der Waals surface area (Å²) in [6, 6.07) is 5.99. The van der Waals surface area contributed by atoms with Crippen LogP contribution in [0.4, 0.5) is 5.69 Å². The molecule has 78 valence electrons. The molecular formula is C11H15BrClN. The lowest BCUT2D eigenvalue weighted by Gasteiger charge is -2.20. The Morgan fingerprint density at radius 2 is 2.14 bits per heavy atom. The standard InChI is InChI=1S/C11H15BrClN/c1-3-4-7-14(2)11-6-5-9(12)8-10(11)13/h5-6,8H,3-4,7H2,1-2H3. The summed E-state index contributed by atoms with van der Waals surface area (Å²) in [5.74, 6) is 0. The van der Waals surface area contributed by atoms with Gasteiger partial charge < -0.3 is 4.90 Å². The molecule has 1 aromatic carbocycles. The van der Waals surface area contributed by atoms with Crippen LogP contribution in [-0.2, 0) is 0 Å². The van der Waals surface area contributed by atoms with Gasteiger partial charge in [-0.1, -0.05) is 40.9 Å². The number of benzene rings is 1. The van der Waals surface area contributed by atoms with Gasteiger partial charge in [0.2, 0.25) is 0 Å². The van der Waals surface area contributed by atoms with Crippen LogP contribution in [0.25, 0.3) is 0 Å². The first-order chi connectivity index (χ1) is 6.65. The van der Waals surface area contributed by atoms with Gasteiger partial charge in [-0.05, 0) is 24.6 Å². The summed E-state index contributed by atoms with van der Waals surface area (Å²) in [7, 11) is 2.07. The molecule has 1 aromatic rings. The number of rotatable bonds is 4. The van der Waals surface area contributed by atoms with E-state index < -0.39 is 0 Å². The minimum atomic E-state index is 0.804. The molecule has 0 radical (unpaired) electrons. The number of halogens is 2. The molecular weight excluding hydrogens is 261 g/mol. The minimum absolute atomic E-state index is 0.804. The molecule has 0 spiro atoms. The summed E-state index contributed by atoms with van der Waals surface area (Å²) in [4.78, 5) is 2.19. The van der Waals surface area contributed by atoms with Crippen molar-refractivity contribution in [1.82, 2.24) is 0 Å². The highest BCUT2D eigenvalue weighted by Gasteiger charge is 2.05. The van der Waals surface area contributed by atoms with Gasteiger partial charge >= 0.3 is 0 Å². The molecule has 0 aliphatic heterocycles. The summed E-state index contributed by atoms with van der Waals surface area (Å²) in [5.41, 5.74) is 1.10. The molecule has 0 aliphatic carbocycles. The van der Waals surface area contributed by atoms with E-state index in [1.807, 2.05) is 18.2 Å². The maximum atomic E-state index is 6.13. The predicted molar refractivity (Wildman–Crippen MR) is 67.3 cm³/mol. The molecule has 0 saturated heterocycles. The van der Waals surface area contributed by atoms with Crippen molar-refractivity contribution in [2.24, 2.45) is 0 Å². The van der Waals surface area contributed by atoms with Crippen molar-refractivity contribution in [2.45, 2.75) is 19.8 Å². The molecule has 1 nitrogen and oxygen atoms in total. The molecule has 0 atom stereocenters. The maximum Gasteiger partial charge on any atom is 0.0650 e. The molecule has 0 aromatic heterocycles. The zero-order valence-corrected chi connectivity index (χ0v) is 10.9. The van der Waals surface area contributed by atoms with Gasteiger partial charge in [-0.2, -0.15) is 0 Å². The Morgan fingerprint density at radius 1 is 1.43 bits per heavy atom. The fourth-order valence-corrected chi connectivity index (χ4v) is 2.12. The van der Waals surface area contributed by atoms with Crippen LogP contribution in [0.3, 0.4) is 0 Å². The number of nitrogens with zero attached hydrogens (tertiary/aromatic N) is 1. The Balaban J connectivity index is 2.74. The van der Waals surface area contributed by atoms with E-state index in [0.29, 0.717) is 0 Å². The monoisotopic (exact) mass is 275 g/mol. The highest BCUT2D eigenvalue weighted by Crippen LogP contribution is 2.28. The third-order valence-corrected chi connectivity index (χ3v) is 2.96. The van der Waals surface area contributed by atoms with Gasteiger partial charge in [-0.15, -0.1) is 0 Å². The van der Waals surface area contributed by atoms with E-state index in [1.54, 1.807) is 0 Å².